The van der Waals surface area contributed by atoms with Crippen LogP contribution in [0.2, 0.25) is 0 Å². The Balaban J connectivity index is 1.66. The highest BCUT2D eigenvalue weighted by Crippen LogP contribution is 2.51. The predicted molar refractivity (Wildman–Crippen MR) is 124 cm³/mol. The molecular formula is C26H27NO9. The molecule has 10 heteroatoms. The maximum absolute atomic E-state index is 13.6. The summed E-state index contributed by atoms with van der Waals surface area (Å²) in [6.45, 7) is -0.151. The Bertz CT molecular complexity index is 1260. The van der Waals surface area contributed by atoms with E-state index in [1.54, 1.807) is 6.07 Å². The first kappa shape index (κ1) is 24.4. The molecule has 5 N–H and O–H groups in total. The SMILES string of the molecule is COc1cccc2c1C(=O)c1c(O)c3c(c(O)c1C2=O)CC(C(=O)CN)C[C@@H]3OC1CC[C@H](O)CO1. The highest BCUT2D eigenvalue weighted by atomic mass is 16.7. The first-order valence-corrected chi connectivity index (χ1v) is 11.8. The van der Waals surface area contributed by atoms with Crippen LogP contribution in [0.25, 0.3) is 0 Å². The van der Waals surface area contributed by atoms with Crippen LogP contribution in [-0.4, -0.2) is 65.3 Å². The van der Waals surface area contributed by atoms with Crippen LogP contribution in [0.5, 0.6) is 17.2 Å². The van der Waals surface area contributed by atoms with Crippen molar-refractivity contribution in [2.75, 3.05) is 20.3 Å². The number of rotatable bonds is 5. The van der Waals surface area contributed by atoms with E-state index >= 15 is 0 Å². The zero-order chi connectivity index (χ0) is 25.7. The molecule has 5 rings (SSSR count). The summed E-state index contributed by atoms with van der Waals surface area (Å²) in [4.78, 5) is 39.6. The Morgan fingerprint density at radius 2 is 1.86 bits per heavy atom. The molecule has 0 saturated carbocycles. The second kappa shape index (κ2) is 9.29. The lowest BCUT2D eigenvalue weighted by atomic mass is 9.73. The maximum Gasteiger partial charge on any atom is 0.202 e. The first-order valence-electron chi connectivity index (χ1n) is 11.8. The average molecular weight is 498 g/mol. The van der Waals surface area contributed by atoms with Gasteiger partial charge >= 0.3 is 0 Å². The third kappa shape index (κ3) is 3.77. The zero-order valence-corrected chi connectivity index (χ0v) is 19.7. The molecule has 2 unspecified atom stereocenters. The van der Waals surface area contributed by atoms with E-state index in [0.717, 1.165) is 0 Å². The van der Waals surface area contributed by atoms with E-state index in [1.807, 2.05) is 0 Å². The molecular weight excluding hydrogens is 470 g/mol. The van der Waals surface area contributed by atoms with Gasteiger partial charge in [-0.3, -0.25) is 14.4 Å². The van der Waals surface area contributed by atoms with E-state index in [4.69, 9.17) is 19.9 Å². The third-order valence-electron chi connectivity index (χ3n) is 7.22. The fourth-order valence-electron chi connectivity index (χ4n) is 5.42. The second-order valence-corrected chi connectivity index (χ2v) is 9.31. The second-order valence-electron chi connectivity index (χ2n) is 9.31. The van der Waals surface area contributed by atoms with Gasteiger partial charge in [-0.2, -0.15) is 0 Å². The fourth-order valence-corrected chi connectivity index (χ4v) is 5.42. The van der Waals surface area contributed by atoms with Crippen molar-refractivity contribution in [3.63, 3.8) is 0 Å². The van der Waals surface area contributed by atoms with E-state index in [-0.39, 0.29) is 70.9 Å². The number of carbonyl (C=O) groups is 3. The third-order valence-corrected chi connectivity index (χ3v) is 7.22. The van der Waals surface area contributed by atoms with Crippen LogP contribution < -0.4 is 10.5 Å². The average Bonchev–Trinajstić information content (AvgIpc) is 2.89. The predicted octanol–water partition coefficient (Wildman–Crippen LogP) is 1.53. The molecule has 4 atom stereocenters. The summed E-state index contributed by atoms with van der Waals surface area (Å²) < 4.78 is 17.0. The van der Waals surface area contributed by atoms with Crippen LogP contribution in [0.1, 0.15) is 68.3 Å². The Morgan fingerprint density at radius 3 is 2.53 bits per heavy atom. The topological polar surface area (TPSA) is 166 Å². The lowest BCUT2D eigenvalue weighted by Crippen LogP contribution is -2.36. The van der Waals surface area contributed by atoms with Crippen molar-refractivity contribution >= 4 is 17.3 Å². The Labute approximate surface area is 206 Å². The van der Waals surface area contributed by atoms with Crippen molar-refractivity contribution in [2.24, 2.45) is 11.7 Å². The Kier molecular flexibility index (Phi) is 6.29. The maximum atomic E-state index is 13.6. The minimum atomic E-state index is -0.923. The first-order chi connectivity index (χ1) is 17.3. The molecule has 1 aliphatic heterocycles. The Hall–Kier alpha value is -3.31. The van der Waals surface area contributed by atoms with Gasteiger partial charge in [0.15, 0.2) is 12.1 Å². The minimum Gasteiger partial charge on any atom is -0.507 e. The van der Waals surface area contributed by atoms with Crippen molar-refractivity contribution in [2.45, 2.75) is 44.2 Å². The molecule has 0 amide bonds. The number of hydrogen-bond donors (Lipinski definition) is 4. The monoisotopic (exact) mass is 497 g/mol. The van der Waals surface area contributed by atoms with Crippen molar-refractivity contribution in [3.8, 4) is 17.2 Å². The molecule has 2 aliphatic carbocycles. The molecule has 1 saturated heterocycles. The summed E-state index contributed by atoms with van der Waals surface area (Å²) >= 11 is 0. The number of carbonyl (C=O) groups excluding carboxylic acids is 3. The molecule has 0 bridgehead atoms. The summed E-state index contributed by atoms with van der Waals surface area (Å²) in [5.74, 6) is -2.97. The van der Waals surface area contributed by atoms with E-state index in [1.165, 1.54) is 19.2 Å². The molecule has 190 valence electrons. The largest absolute Gasteiger partial charge is 0.507 e. The number of phenols is 2. The number of phenolic OH excluding ortho intramolecular Hbond substituents is 2. The van der Waals surface area contributed by atoms with Gasteiger partial charge in [0.25, 0.3) is 0 Å². The zero-order valence-electron chi connectivity index (χ0n) is 19.7. The number of aliphatic hydroxyl groups is 1. The van der Waals surface area contributed by atoms with E-state index in [0.29, 0.717) is 12.8 Å². The van der Waals surface area contributed by atoms with Crippen LogP contribution in [0, 0.1) is 5.92 Å². The molecule has 36 heavy (non-hydrogen) atoms. The summed E-state index contributed by atoms with van der Waals surface area (Å²) in [5.41, 5.74) is 5.32. The highest BCUT2D eigenvalue weighted by Gasteiger charge is 2.44. The van der Waals surface area contributed by atoms with Gasteiger partial charge in [-0.1, -0.05) is 12.1 Å². The molecule has 3 aliphatic rings. The molecule has 0 spiro atoms. The molecule has 0 aromatic heterocycles. The molecule has 1 fully saturated rings. The van der Waals surface area contributed by atoms with E-state index in [9.17, 15) is 29.7 Å². The van der Waals surface area contributed by atoms with Crippen LogP contribution in [0.4, 0.5) is 0 Å². The number of hydrogen-bond acceptors (Lipinski definition) is 10. The smallest absolute Gasteiger partial charge is 0.202 e. The van der Waals surface area contributed by atoms with Gasteiger partial charge in [0, 0.05) is 29.0 Å². The molecule has 2 aromatic rings. The summed E-state index contributed by atoms with van der Waals surface area (Å²) in [5, 5.41) is 32.4. The molecule has 10 nitrogen and oxygen atoms in total. The van der Waals surface area contributed by atoms with Gasteiger partial charge in [0.2, 0.25) is 5.78 Å². The standard InChI is InChI=1S/C26H27NO9/c1-34-16-4-2-3-13-19(16)25(32)22-21(23(13)30)24(31)14-7-11(15(29)9-27)8-17(20(14)26(22)33)36-18-6-5-12(28)10-35-18/h2-4,11-12,17-18,28,31,33H,5-10,27H2,1H3/t11?,12-,17-,18?/m0/s1. The lowest BCUT2D eigenvalue weighted by Gasteiger charge is -2.37. The minimum absolute atomic E-state index is 0.00113. The highest BCUT2D eigenvalue weighted by molar-refractivity contribution is 6.31. The Morgan fingerprint density at radius 1 is 1.11 bits per heavy atom. The van der Waals surface area contributed by atoms with Crippen LogP contribution >= 0.6 is 0 Å². The van der Waals surface area contributed by atoms with Gasteiger partial charge in [-0.05, 0) is 25.3 Å². The number of methoxy groups -OCH3 is 1. The quantitative estimate of drug-likeness (QED) is 0.380. The van der Waals surface area contributed by atoms with E-state index in [2.05, 4.69) is 0 Å². The van der Waals surface area contributed by atoms with Gasteiger partial charge in [-0.25, -0.2) is 0 Å². The van der Waals surface area contributed by atoms with Gasteiger partial charge in [0.1, 0.15) is 23.0 Å². The number of aliphatic hydroxyl groups excluding tert-OH is 1. The fraction of sp³-hybridized carbons (Fsp3) is 0.423. The lowest BCUT2D eigenvalue weighted by molar-refractivity contribution is -0.213. The molecule has 1 heterocycles. The number of fused-ring (bicyclic) bond motifs is 3. The van der Waals surface area contributed by atoms with Gasteiger partial charge in [0.05, 0.1) is 49.2 Å². The van der Waals surface area contributed by atoms with Gasteiger partial charge < -0.3 is 35.3 Å². The summed E-state index contributed by atoms with van der Waals surface area (Å²) in [6.07, 6.45) is -1.28. The summed E-state index contributed by atoms with van der Waals surface area (Å²) in [6, 6.07) is 4.55. The number of aromatic hydroxyl groups is 2. The number of benzene rings is 2. The van der Waals surface area contributed by atoms with Crippen molar-refractivity contribution < 1.29 is 43.9 Å². The normalized spacial score (nSPS) is 25.1. The van der Waals surface area contributed by atoms with Crippen LogP contribution in [-0.2, 0) is 20.7 Å². The molecule has 2 aromatic carbocycles. The van der Waals surface area contributed by atoms with Crippen LogP contribution in [0.3, 0.4) is 0 Å². The van der Waals surface area contributed by atoms with Gasteiger partial charge in [-0.15, -0.1) is 0 Å². The number of Topliss-reactive ketones (excluding diaryl/α,β-unsaturated/α-hetero) is 1. The molecule has 0 radical (unpaired) electrons. The van der Waals surface area contributed by atoms with Crippen molar-refractivity contribution in [3.05, 3.63) is 51.6 Å². The van der Waals surface area contributed by atoms with Crippen LogP contribution in [0.15, 0.2) is 18.2 Å². The number of ketones is 3. The number of ether oxygens (including phenoxy) is 3. The van der Waals surface area contributed by atoms with Crippen molar-refractivity contribution in [1.82, 2.24) is 0 Å². The summed E-state index contributed by atoms with van der Waals surface area (Å²) in [7, 11) is 1.37. The number of nitrogens with two attached hydrogens (primary N) is 1. The van der Waals surface area contributed by atoms with E-state index < -0.39 is 47.5 Å². The van der Waals surface area contributed by atoms with Crippen molar-refractivity contribution in [1.29, 1.82) is 0 Å².